The zero-order chi connectivity index (χ0) is 9.10. The second-order valence-electron chi connectivity index (χ2n) is 3.43. The lowest BCUT2D eigenvalue weighted by molar-refractivity contribution is 0.279. The minimum absolute atomic E-state index is 0.419. The number of rotatable bonds is 1. The molecule has 1 aromatic rings. The molecule has 0 saturated heterocycles. The van der Waals surface area contributed by atoms with Crippen molar-refractivity contribution in [2.24, 2.45) is 0 Å². The van der Waals surface area contributed by atoms with E-state index in [2.05, 4.69) is 35.1 Å². The van der Waals surface area contributed by atoms with Crippen LogP contribution >= 0.6 is 0 Å². The largest absolute Gasteiger partial charge is 0.296 e. The van der Waals surface area contributed by atoms with E-state index in [9.17, 15) is 0 Å². The van der Waals surface area contributed by atoms with Crippen LogP contribution in [-0.2, 0) is 0 Å². The van der Waals surface area contributed by atoms with Crippen LogP contribution in [0.1, 0.15) is 18.0 Å². The van der Waals surface area contributed by atoms with Gasteiger partial charge >= 0.3 is 0 Å². The van der Waals surface area contributed by atoms with Gasteiger partial charge in [-0.3, -0.25) is 9.88 Å². The van der Waals surface area contributed by atoms with E-state index in [1.807, 2.05) is 18.5 Å². The third-order valence-electron chi connectivity index (χ3n) is 2.47. The van der Waals surface area contributed by atoms with E-state index in [1.165, 1.54) is 5.56 Å². The maximum absolute atomic E-state index is 4.13. The molecule has 0 unspecified atom stereocenters. The predicted octanol–water partition coefficient (Wildman–Crippen LogP) is 2.01. The number of aromatic nitrogens is 1. The molecule has 68 valence electrons. The van der Waals surface area contributed by atoms with Gasteiger partial charge in [0.2, 0.25) is 0 Å². The molecular formula is C11H14N2. The van der Waals surface area contributed by atoms with E-state index < -0.39 is 0 Å². The summed E-state index contributed by atoms with van der Waals surface area (Å²) in [7, 11) is 2.15. The molecule has 2 heteroatoms. The fourth-order valence-corrected chi connectivity index (χ4v) is 1.71. The molecule has 1 aliphatic heterocycles. The molecule has 1 aliphatic rings. The van der Waals surface area contributed by atoms with Gasteiger partial charge < -0.3 is 0 Å². The molecule has 0 amide bonds. The normalized spacial score (nSPS) is 23.3. The highest BCUT2D eigenvalue weighted by atomic mass is 15.1. The second kappa shape index (κ2) is 3.71. The summed E-state index contributed by atoms with van der Waals surface area (Å²) in [6.45, 7) is 1.13. The summed E-state index contributed by atoms with van der Waals surface area (Å²) < 4.78 is 0. The van der Waals surface area contributed by atoms with Crippen LogP contribution in [0.15, 0.2) is 36.7 Å². The second-order valence-corrected chi connectivity index (χ2v) is 3.43. The van der Waals surface area contributed by atoms with Crippen LogP contribution < -0.4 is 0 Å². The Morgan fingerprint density at radius 3 is 3.15 bits per heavy atom. The lowest BCUT2D eigenvalue weighted by atomic mass is 10.0. The highest BCUT2D eigenvalue weighted by Crippen LogP contribution is 2.23. The third kappa shape index (κ3) is 1.78. The minimum atomic E-state index is 0.419. The maximum Gasteiger partial charge on any atom is 0.0544 e. The Morgan fingerprint density at radius 1 is 1.54 bits per heavy atom. The van der Waals surface area contributed by atoms with Gasteiger partial charge in [0.05, 0.1) is 6.04 Å². The topological polar surface area (TPSA) is 16.1 Å². The average molecular weight is 174 g/mol. The van der Waals surface area contributed by atoms with Crippen molar-refractivity contribution < 1.29 is 0 Å². The fourth-order valence-electron chi connectivity index (χ4n) is 1.71. The molecular weight excluding hydrogens is 160 g/mol. The van der Waals surface area contributed by atoms with Gasteiger partial charge in [-0.1, -0.05) is 18.2 Å². The zero-order valence-electron chi connectivity index (χ0n) is 7.85. The van der Waals surface area contributed by atoms with Crippen LogP contribution in [0.2, 0.25) is 0 Å². The Balaban J connectivity index is 2.25. The van der Waals surface area contributed by atoms with Crippen LogP contribution in [0.4, 0.5) is 0 Å². The minimum Gasteiger partial charge on any atom is -0.296 e. The molecule has 0 bridgehead atoms. The van der Waals surface area contributed by atoms with Crippen molar-refractivity contribution in [3.63, 3.8) is 0 Å². The van der Waals surface area contributed by atoms with Gasteiger partial charge in [-0.15, -0.1) is 0 Å². The lowest BCUT2D eigenvalue weighted by Crippen LogP contribution is -2.26. The third-order valence-corrected chi connectivity index (χ3v) is 2.47. The van der Waals surface area contributed by atoms with Crippen LogP contribution in [0.3, 0.4) is 0 Å². The first-order valence-electron chi connectivity index (χ1n) is 4.65. The quantitative estimate of drug-likeness (QED) is 0.605. The Morgan fingerprint density at radius 2 is 2.46 bits per heavy atom. The number of hydrogen-bond acceptors (Lipinski definition) is 2. The summed E-state index contributed by atoms with van der Waals surface area (Å²) in [5.74, 6) is 0. The molecule has 0 spiro atoms. The van der Waals surface area contributed by atoms with Gasteiger partial charge in [0, 0.05) is 18.9 Å². The van der Waals surface area contributed by atoms with Gasteiger partial charge in [0.1, 0.15) is 0 Å². The molecule has 2 nitrogen and oxygen atoms in total. The molecule has 1 aromatic heterocycles. The van der Waals surface area contributed by atoms with E-state index in [1.54, 1.807) is 0 Å². The Labute approximate surface area is 78.9 Å². The monoisotopic (exact) mass is 174 g/mol. The van der Waals surface area contributed by atoms with E-state index in [0.717, 1.165) is 13.0 Å². The molecule has 0 radical (unpaired) electrons. The Bertz CT molecular complexity index is 292. The standard InChI is InChI=1S/C11H14N2/c1-13-8-3-2-6-11(13)10-5-4-7-12-9-10/h2,4-7,9,11H,3,8H2,1H3/t11-/m0/s1. The summed E-state index contributed by atoms with van der Waals surface area (Å²) in [4.78, 5) is 6.48. The Hall–Kier alpha value is -1.15. The highest BCUT2D eigenvalue weighted by Gasteiger charge is 2.15. The first kappa shape index (κ1) is 8.45. The summed E-state index contributed by atoms with van der Waals surface area (Å²) in [6.07, 6.45) is 9.41. The molecule has 1 atom stereocenters. The summed E-state index contributed by atoms with van der Waals surface area (Å²) >= 11 is 0. The maximum atomic E-state index is 4.13. The van der Waals surface area contributed by atoms with Crippen molar-refractivity contribution in [3.05, 3.63) is 42.2 Å². The average Bonchev–Trinajstić information content (AvgIpc) is 2.20. The van der Waals surface area contributed by atoms with Crippen molar-refractivity contribution in [3.8, 4) is 0 Å². The first-order chi connectivity index (χ1) is 6.38. The number of hydrogen-bond donors (Lipinski definition) is 0. The van der Waals surface area contributed by atoms with Crippen LogP contribution in [-0.4, -0.2) is 23.5 Å². The fraction of sp³-hybridized carbons (Fsp3) is 0.364. The first-order valence-corrected chi connectivity index (χ1v) is 4.65. The van der Waals surface area contributed by atoms with Gasteiger partial charge in [-0.05, 0) is 25.1 Å². The van der Waals surface area contributed by atoms with E-state index in [0.29, 0.717) is 6.04 Å². The smallest absolute Gasteiger partial charge is 0.0544 e. The summed E-state index contributed by atoms with van der Waals surface area (Å²) in [6, 6.07) is 4.54. The van der Waals surface area contributed by atoms with Crippen molar-refractivity contribution in [2.45, 2.75) is 12.5 Å². The molecule has 13 heavy (non-hydrogen) atoms. The van der Waals surface area contributed by atoms with Gasteiger partial charge in [0.15, 0.2) is 0 Å². The lowest BCUT2D eigenvalue weighted by Gasteiger charge is -2.28. The van der Waals surface area contributed by atoms with E-state index >= 15 is 0 Å². The number of pyridine rings is 1. The number of likely N-dealkylation sites (N-methyl/N-ethyl adjacent to an activating group) is 1. The summed E-state index contributed by atoms with van der Waals surface area (Å²) in [5.41, 5.74) is 1.28. The van der Waals surface area contributed by atoms with Gasteiger partial charge in [0.25, 0.3) is 0 Å². The molecule has 0 aromatic carbocycles. The van der Waals surface area contributed by atoms with Crippen molar-refractivity contribution in [2.75, 3.05) is 13.6 Å². The molecule has 0 fully saturated rings. The number of nitrogens with zero attached hydrogens (tertiary/aromatic N) is 2. The van der Waals surface area contributed by atoms with Crippen LogP contribution in [0.25, 0.3) is 0 Å². The molecule has 0 aliphatic carbocycles. The SMILES string of the molecule is CN1CCC=C[C@H]1c1cccnc1. The van der Waals surface area contributed by atoms with Crippen molar-refractivity contribution in [1.29, 1.82) is 0 Å². The van der Waals surface area contributed by atoms with Crippen LogP contribution in [0.5, 0.6) is 0 Å². The molecule has 2 heterocycles. The van der Waals surface area contributed by atoms with Crippen LogP contribution in [0, 0.1) is 0 Å². The van der Waals surface area contributed by atoms with Gasteiger partial charge in [-0.25, -0.2) is 0 Å². The van der Waals surface area contributed by atoms with Gasteiger partial charge in [-0.2, -0.15) is 0 Å². The van der Waals surface area contributed by atoms with Crippen molar-refractivity contribution in [1.82, 2.24) is 9.88 Å². The van der Waals surface area contributed by atoms with Crippen molar-refractivity contribution >= 4 is 0 Å². The molecule has 2 rings (SSSR count). The molecule has 0 N–H and O–H groups in total. The molecule has 0 saturated carbocycles. The van der Waals surface area contributed by atoms with E-state index in [4.69, 9.17) is 0 Å². The zero-order valence-corrected chi connectivity index (χ0v) is 7.85. The van der Waals surface area contributed by atoms with E-state index in [-0.39, 0.29) is 0 Å². The predicted molar refractivity (Wildman–Crippen MR) is 53.4 cm³/mol. The summed E-state index contributed by atoms with van der Waals surface area (Å²) in [5, 5.41) is 0. The Kier molecular flexibility index (Phi) is 2.41. The highest BCUT2D eigenvalue weighted by molar-refractivity contribution is 5.20.